The van der Waals surface area contributed by atoms with Gasteiger partial charge in [0.05, 0.1) is 47.3 Å². The normalized spacial score (nSPS) is 28.0. The first kappa shape index (κ1) is 34.3. The van der Waals surface area contributed by atoms with Crippen molar-refractivity contribution in [3.63, 3.8) is 0 Å². The monoisotopic (exact) mass is 741 g/mol. The topological polar surface area (TPSA) is 125 Å². The fraction of sp³-hybridized carbons (Fsp3) is 0.350. The molecule has 4 amide bonds. The predicted molar refractivity (Wildman–Crippen MR) is 194 cm³/mol. The van der Waals surface area contributed by atoms with Crippen molar-refractivity contribution in [1.82, 2.24) is 9.91 Å². The van der Waals surface area contributed by atoms with Crippen LogP contribution in [0.4, 0.5) is 5.69 Å². The lowest BCUT2D eigenvalue weighted by Gasteiger charge is -2.51. The average Bonchev–Trinajstić information content (AvgIpc) is 3.50. The van der Waals surface area contributed by atoms with Gasteiger partial charge >= 0.3 is 0 Å². The number of carbonyl (C=O) groups is 4. The highest BCUT2D eigenvalue weighted by Gasteiger charge is 2.71. The van der Waals surface area contributed by atoms with E-state index in [4.69, 9.17) is 32.7 Å². The van der Waals surface area contributed by atoms with Crippen LogP contribution in [0.25, 0.3) is 0 Å². The number of allylic oxidation sites excluding steroid dienone is 3. The predicted octanol–water partition coefficient (Wildman–Crippen LogP) is 6.84. The van der Waals surface area contributed by atoms with Gasteiger partial charge < -0.3 is 14.6 Å². The lowest BCUT2D eigenvalue weighted by atomic mass is 9.48. The molecule has 0 radical (unpaired) electrons. The van der Waals surface area contributed by atoms with Crippen LogP contribution in [0.3, 0.4) is 0 Å². The van der Waals surface area contributed by atoms with Gasteiger partial charge in [0.1, 0.15) is 17.2 Å². The van der Waals surface area contributed by atoms with E-state index >= 15 is 4.79 Å². The van der Waals surface area contributed by atoms with E-state index in [-0.39, 0.29) is 29.0 Å². The molecule has 1 saturated carbocycles. The fourth-order valence-electron chi connectivity index (χ4n) is 9.32. The van der Waals surface area contributed by atoms with E-state index in [0.29, 0.717) is 51.8 Å². The van der Waals surface area contributed by atoms with E-state index in [2.05, 4.69) is 5.43 Å². The summed E-state index contributed by atoms with van der Waals surface area (Å²) in [5.41, 5.74) is 3.88. The number of hydrogen-bond donors (Lipinski definition) is 2. The van der Waals surface area contributed by atoms with Crippen LogP contribution in [0, 0.1) is 29.6 Å². The molecule has 5 aliphatic rings. The third-order valence-corrected chi connectivity index (χ3v) is 11.9. The van der Waals surface area contributed by atoms with Crippen molar-refractivity contribution >= 4 is 52.5 Å². The van der Waals surface area contributed by atoms with Crippen LogP contribution >= 0.6 is 23.2 Å². The molecule has 3 aliphatic heterocycles. The molecule has 10 nitrogen and oxygen atoms in total. The summed E-state index contributed by atoms with van der Waals surface area (Å²) in [5, 5.41) is 12.1. The maximum absolute atomic E-state index is 15.4. The zero-order chi connectivity index (χ0) is 36.9. The molecule has 0 aromatic heterocycles. The Balaban J connectivity index is 1.34. The number of anilines is 1. The average molecular weight is 743 g/mol. The second-order valence-corrected chi connectivity index (χ2v) is 16.0. The van der Waals surface area contributed by atoms with Crippen LogP contribution in [-0.4, -0.2) is 51.3 Å². The van der Waals surface area contributed by atoms with Crippen LogP contribution in [-0.2, 0) is 31.0 Å². The van der Waals surface area contributed by atoms with E-state index in [0.717, 1.165) is 10.6 Å². The number of nitrogens with zero attached hydrogens (tertiary/aromatic N) is 2. The van der Waals surface area contributed by atoms with Crippen LogP contribution in [0.5, 0.6) is 17.2 Å². The van der Waals surface area contributed by atoms with Crippen molar-refractivity contribution in [3.8, 4) is 17.2 Å². The molecule has 52 heavy (non-hydrogen) atoms. The summed E-state index contributed by atoms with van der Waals surface area (Å²) in [6.07, 6.45) is 4.40. The highest BCUT2D eigenvalue weighted by Crippen LogP contribution is 2.63. The van der Waals surface area contributed by atoms with Crippen molar-refractivity contribution in [1.29, 1.82) is 0 Å². The molecule has 12 heteroatoms. The van der Waals surface area contributed by atoms with Gasteiger partial charge in [-0.1, -0.05) is 47.0 Å². The Labute approximate surface area is 310 Å². The Bertz CT molecular complexity index is 2120. The molecule has 3 fully saturated rings. The first-order valence-electron chi connectivity index (χ1n) is 17.3. The van der Waals surface area contributed by atoms with Gasteiger partial charge in [-0.3, -0.25) is 29.5 Å². The van der Waals surface area contributed by atoms with Gasteiger partial charge in [0.15, 0.2) is 0 Å². The Hall–Kier alpha value is -4.80. The molecule has 2 N–H and O–H groups in total. The number of amides is 4. The Morgan fingerprint density at radius 1 is 0.942 bits per heavy atom. The zero-order valence-corrected chi connectivity index (χ0v) is 30.5. The number of phenols is 1. The van der Waals surface area contributed by atoms with Crippen molar-refractivity contribution in [2.45, 2.75) is 51.0 Å². The van der Waals surface area contributed by atoms with Gasteiger partial charge in [0, 0.05) is 28.5 Å². The maximum atomic E-state index is 15.4. The number of fused-ring (bicyclic) bond motifs is 5. The smallest absolute Gasteiger partial charge is 0.260 e. The van der Waals surface area contributed by atoms with E-state index in [1.165, 1.54) is 11.0 Å². The number of ether oxygens (including phenoxy) is 2. The number of imide groups is 2. The first-order chi connectivity index (χ1) is 24.7. The quantitative estimate of drug-likeness (QED) is 0.215. The molecule has 8 rings (SSSR count). The van der Waals surface area contributed by atoms with Gasteiger partial charge in [-0.05, 0) is 99.2 Å². The van der Waals surface area contributed by atoms with Gasteiger partial charge in [0.25, 0.3) is 11.8 Å². The highest BCUT2D eigenvalue weighted by atomic mass is 35.5. The summed E-state index contributed by atoms with van der Waals surface area (Å²) >= 11 is 12.7. The second kappa shape index (κ2) is 12.1. The largest absolute Gasteiger partial charge is 0.508 e. The number of likely N-dealkylation sites (tertiary alicyclic amines) is 1. The number of rotatable bonds is 5. The number of nitrogens with one attached hydrogen (secondary N) is 1. The Morgan fingerprint density at radius 2 is 1.69 bits per heavy atom. The molecule has 6 atom stereocenters. The number of benzene rings is 3. The number of hydrazine groups is 1. The number of halogens is 2. The van der Waals surface area contributed by atoms with E-state index in [1.54, 1.807) is 55.8 Å². The third kappa shape index (κ3) is 4.98. The van der Waals surface area contributed by atoms with Gasteiger partial charge in [0.2, 0.25) is 11.8 Å². The summed E-state index contributed by atoms with van der Waals surface area (Å²) < 4.78 is 11.7. The molecule has 3 aromatic rings. The minimum Gasteiger partial charge on any atom is -0.508 e. The van der Waals surface area contributed by atoms with Gasteiger partial charge in [-0.2, -0.15) is 5.01 Å². The summed E-state index contributed by atoms with van der Waals surface area (Å²) in [7, 11) is 1.55. The fourth-order valence-corrected chi connectivity index (χ4v) is 9.77. The molecule has 3 aromatic carbocycles. The second-order valence-electron chi connectivity index (χ2n) is 15.2. The van der Waals surface area contributed by atoms with E-state index in [9.17, 15) is 19.5 Å². The minimum atomic E-state index is -1.51. The van der Waals surface area contributed by atoms with Crippen molar-refractivity contribution in [2.24, 2.45) is 29.6 Å². The van der Waals surface area contributed by atoms with Crippen molar-refractivity contribution in [3.05, 3.63) is 105 Å². The SMILES string of the molecule is COc1ccc([C@@]23C(=O)N(Nc4ccc(Cl)cc4Cl)C(=O)[C@@H]2C[C@@H]2C(=CC[C@@H]4C(=O)N(C(C)(C)C)C(=O)[C@@H]42)[C@@H]3C2=COc3ccc(O)cc3C2)cc1. The van der Waals surface area contributed by atoms with E-state index in [1.807, 2.05) is 39.0 Å². The third-order valence-electron chi connectivity index (χ3n) is 11.4. The molecular formula is C40H37Cl2N3O7. The number of aromatic hydroxyl groups is 1. The van der Waals surface area contributed by atoms with Crippen molar-refractivity contribution < 1.29 is 33.8 Å². The summed E-state index contributed by atoms with van der Waals surface area (Å²) in [5.74, 6) is -3.82. The molecule has 0 spiro atoms. The van der Waals surface area contributed by atoms with Crippen LogP contribution in [0.1, 0.15) is 44.7 Å². The zero-order valence-electron chi connectivity index (χ0n) is 29.0. The summed E-state index contributed by atoms with van der Waals surface area (Å²) in [4.78, 5) is 60.0. The van der Waals surface area contributed by atoms with Gasteiger partial charge in [-0.25, -0.2) is 0 Å². The van der Waals surface area contributed by atoms with Crippen molar-refractivity contribution in [2.75, 3.05) is 12.5 Å². The molecular weight excluding hydrogens is 705 g/mol. The molecule has 2 aliphatic carbocycles. The van der Waals surface area contributed by atoms with Gasteiger partial charge in [-0.15, -0.1) is 0 Å². The molecule has 2 saturated heterocycles. The lowest BCUT2D eigenvalue weighted by molar-refractivity contribution is -0.146. The van der Waals surface area contributed by atoms with E-state index < -0.39 is 52.4 Å². The highest BCUT2D eigenvalue weighted by molar-refractivity contribution is 6.36. The Morgan fingerprint density at radius 3 is 2.38 bits per heavy atom. The molecule has 0 unspecified atom stereocenters. The van der Waals surface area contributed by atoms with Crippen LogP contribution in [0.2, 0.25) is 10.0 Å². The molecule has 0 bridgehead atoms. The minimum absolute atomic E-state index is 0.0623. The standard InChI is InChI=1S/C40H37Cl2N3O7/c1-39(2,3)44-35(47)27-12-11-26-28(33(27)37(44)49)18-29-36(48)45(43-31-13-7-23(41)17-30(31)42)38(50)40(29,22-5-9-25(51-4)10-6-22)34(26)21-15-20-16-24(46)8-14-32(20)52-19-21/h5-11,13-14,16-17,19,27-29,33-34,43,46H,12,15,18H2,1-4H3/t27-,28+,29-,33-,34-,40+/m0/s1. The Kier molecular flexibility index (Phi) is 8.00. The first-order valence-corrected chi connectivity index (χ1v) is 18.0. The number of hydrogen-bond acceptors (Lipinski definition) is 8. The maximum Gasteiger partial charge on any atom is 0.260 e. The number of methoxy groups -OCH3 is 1. The lowest BCUT2D eigenvalue weighted by Crippen LogP contribution is -2.55. The summed E-state index contributed by atoms with van der Waals surface area (Å²) in [6, 6.07) is 16.7. The molecule has 3 heterocycles. The molecule has 268 valence electrons. The summed E-state index contributed by atoms with van der Waals surface area (Å²) in [6.45, 7) is 5.53. The number of phenolic OH excluding ortho intramolecular Hbond substituents is 1. The number of carbonyl (C=O) groups excluding carboxylic acids is 4. The van der Waals surface area contributed by atoms with Crippen LogP contribution in [0.15, 0.2) is 84.1 Å². The van der Waals surface area contributed by atoms with Crippen LogP contribution < -0.4 is 14.9 Å².